The summed E-state index contributed by atoms with van der Waals surface area (Å²) in [5.74, 6) is -0.495. The molecule has 0 bridgehead atoms. The number of anilines is 2. The van der Waals surface area contributed by atoms with Crippen LogP contribution in [0.1, 0.15) is 39.3 Å². The van der Waals surface area contributed by atoms with Crippen LogP contribution in [-0.2, 0) is 6.54 Å². The van der Waals surface area contributed by atoms with Crippen molar-refractivity contribution in [3.63, 3.8) is 0 Å². The number of carbonyl (C=O) groups excluding carboxylic acids is 2. The van der Waals surface area contributed by atoms with Crippen molar-refractivity contribution in [1.82, 2.24) is 0 Å². The molecule has 4 N–H and O–H groups in total. The Hall–Kier alpha value is -2.97. The Kier molecular flexibility index (Phi) is 10.2. The number of rotatable bonds is 9. The van der Waals surface area contributed by atoms with Gasteiger partial charge >= 0.3 is 0 Å². The molecule has 186 valence electrons. The summed E-state index contributed by atoms with van der Waals surface area (Å²) in [6.07, 6.45) is 2.21. The van der Waals surface area contributed by atoms with Gasteiger partial charge in [-0.05, 0) is 12.1 Å². The molecule has 2 aromatic carbocycles. The first-order valence-electron chi connectivity index (χ1n) is 10.7. The maximum atomic E-state index is 13.4. The average molecular weight is 518 g/mol. The minimum Gasteiger partial charge on any atom is -1.00 e. The molecule has 0 amide bonds. The number of halogens is 2. The summed E-state index contributed by atoms with van der Waals surface area (Å²) in [7, 11) is 0. The second-order valence-corrected chi connectivity index (χ2v) is 8.22. The SMILES string of the molecule is C.O=C1c2ccccc2C(=O)c2c(NCC(O)C[n+]3ccccc3)ccc(NCC(O)CCl)c21.[Cl-]. The smallest absolute Gasteiger partial charge is 0.196 e. The number of hydrogen-bond donors (Lipinski definition) is 4. The van der Waals surface area contributed by atoms with Crippen LogP contribution in [-0.4, -0.2) is 53.0 Å². The molecule has 9 heteroatoms. The summed E-state index contributed by atoms with van der Waals surface area (Å²) in [5, 5.41) is 26.5. The van der Waals surface area contributed by atoms with Crippen molar-refractivity contribution < 1.29 is 36.8 Å². The lowest BCUT2D eigenvalue weighted by Crippen LogP contribution is -3.00. The van der Waals surface area contributed by atoms with Crippen LogP contribution in [0.5, 0.6) is 0 Å². The van der Waals surface area contributed by atoms with Crippen molar-refractivity contribution in [2.45, 2.75) is 26.2 Å². The normalized spacial score (nSPS) is 13.5. The maximum Gasteiger partial charge on any atom is 0.196 e. The lowest BCUT2D eigenvalue weighted by molar-refractivity contribution is -0.703. The highest BCUT2D eigenvalue weighted by molar-refractivity contribution is 6.31. The minimum absolute atomic E-state index is 0. The molecule has 1 aliphatic carbocycles. The Morgan fingerprint density at radius 1 is 0.771 bits per heavy atom. The largest absolute Gasteiger partial charge is 1.00 e. The molecule has 0 radical (unpaired) electrons. The quantitative estimate of drug-likeness (QED) is 0.182. The highest BCUT2D eigenvalue weighted by atomic mass is 35.5. The molecule has 0 aliphatic heterocycles. The summed E-state index contributed by atoms with van der Waals surface area (Å²) in [6.45, 7) is 0.704. The average Bonchev–Trinajstić information content (AvgIpc) is 2.85. The Morgan fingerprint density at radius 3 is 1.74 bits per heavy atom. The Labute approximate surface area is 216 Å². The molecule has 35 heavy (non-hydrogen) atoms. The summed E-state index contributed by atoms with van der Waals surface area (Å²) < 4.78 is 1.86. The van der Waals surface area contributed by atoms with Gasteiger partial charge in [0.25, 0.3) is 0 Å². The van der Waals surface area contributed by atoms with Crippen molar-refractivity contribution in [3.8, 4) is 0 Å². The van der Waals surface area contributed by atoms with E-state index in [-0.39, 0.29) is 61.5 Å². The second kappa shape index (κ2) is 12.7. The lowest BCUT2D eigenvalue weighted by Gasteiger charge is -2.24. The van der Waals surface area contributed by atoms with E-state index in [4.69, 9.17) is 11.6 Å². The Balaban J connectivity index is 0.00000216. The molecule has 1 aromatic heterocycles. The number of aliphatic hydroxyl groups excluding tert-OH is 2. The number of nitrogens with zero attached hydrogens (tertiary/aromatic N) is 1. The molecule has 2 unspecified atom stereocenters. The molecule has 4 rings (SSSR count). The third-order valence-corrected chi connectivity index (χ3v) is 5.87. The van der Waals surface area contributed by atoms with Gasteiger partial charge in [-0.3, -0.25) is 9.59 Å². The molecule has 0 saturated carbocycles. The molecule has 1 aliphatic rings. The van der Waals surface area contributed by atoms with E-state index in [1.807, 2.05) is 35.2 Å². The number of carbonyl (C=O) groups is 2. The van der Waals surface area contributed by atoms with Crippen LogP contribution >= 0.6 is 11.6 Å². The number of aliphatic hydroxyl groups is 2. The van der Waals surface area contributed by atoms with E-state index in [0.717, 1.165) is 0 Å². The van der Waals surface area contributed by atoms with Crippen molar-refractivity contribution in [2.75, 3.05) is 29.6 Å². The molecular weight excluding hydrogens is 489 g/mol. The number of benzene rings is 2. The van der Waals surface area contributed by atoms with E-state index in [9.17, 15) is 19.8 Å². The fraction of sp³-hybridized carbons (Fsp3) is 0.269. The van der Waals surface area contributed by atoms with Crippen molar-refractivity contribution >= 4 is 34.5 Å². The standard InChI is InChI=1S/C25H24ClN3O4.CH4.ClH/c26-12-16(30)13-27-20-8-9-21(28-14-17(31)15-29-10-4-1-5-11-29)23-22(20)24(32)18-6-2-3-7-19(18)25(23)33;;/h1-11,16-17,30-31H,12-15H2,(H-,27,28,32,33);1H4;1H. The van der Waals surface area contributed by atoms with Crippen LogP contribution in [0.2, 0.25) is 0 Å². The van der Waals surface area contributed by atoms with Gasteiger partial charge in [0.05, 0.1) is 23.1 Å². The van der Waals surface area contributed by atoms with Gasteiger partial charge in [0.2, 0.25) is 0 Å². The number of aromatic nitrogens is 1. The topological polar surface area (TPSA) is 103 Å². The van der Waals surface area contributed by atoms with Crippen molar-refractivity contribution in [2.24, 2.45) is 0 Å². The molecule has 1 heterocycles. The third kappa shape index (κ3) is 6.18. The fourth-order valence-corrected chi connectivity index (χ4v) is 4.00. The summed E-state index contributed by atoms with van der Waals surface area (Å²) in [6, 6.07) is 15.8. The van der Waals surface area contributed by atoms with Crippen LogP contribution in [0, 0.1) is 0 Å². The number of alkyl halides is 1. The van der Waals surface area contributed by atoms with Crippen LogP contribution in [0.3, 0.4) is 0 Å². The van der Waals surface area contributed by atoms with Gasteiger partial charge < -0.3 is 33.3 Å². The van der Waals surface area contributed by atoms with E-state index in [1.54, 1.807) is 36.4 Å². The van der Waals surface area contributed by atoms with Gasteiger partial charge in [-0.25, -0.2) is 4.57 Å². The molecular formula is C26H29Cl2N3O4. The van der Waals surface area contributed by atoms with Crippen LogP contribution in [0.4, 0.5) is 11.4 Å². The highest BCUT2D eigenvalue weighted by Gasteiger charge is 2.34. The van der Waals surface area contributed by atoms with E-state index in [2.05, 4.69) is 10.6 Å². The zero-order valence-electron chi connectivity index (χ0n) is 18.2. The maximum absolute atomic E-state index is 13.4. The minimum atomic E-state index is -0.799. The first-order valence-corrected chi connectivity index (χ1v) is 11.2. The summed E-state index contributed by atoms with van der Waals surface area (Å²) in [4.78, 5) is 26.8. The predicted molar refractivity (Wildman–Crippen MR) is 133 cm³/mol. The Morgan fingerprint density at radius 2 is 1.26 bits per heavy atom. The number of ketones is 2. The lowest BCUT2D eigenvalue weighted by atomic mass is 9.82. The van der Waals surface area contributed by atoms with Crippen molar-refractivity contribution in [3.05, 3.63) is 89.2 Å². The summed E-state index contributed by atoms with van der Waals surface area (Å²) >= 11 is 5.69. The number of fused-ring (bicyclic) bond motifs is 2. The molecule has 0 fully saturated rings. The van der Waals surface area contributed by atoms with Crippen molar-refractivity contribution in [1.29, 1.82) is 0 Å². The van der Waals surface area contributed by atoms with E-state index >= 15 is 0 Å². The molecule has 3 aromatic rings. The van der Waals surface area contributed by atoms with Crippen LogP contribution < -0.4 is 27.6 Å². The van der Waals surface area contributed by atoms with Crippen LogP contribution in [0.15, 0.2) is 67.0 Å². The monoisotopic (exact) mass is 517 g/mol. The zero-order chi connectivity index (χ0) is 23.4. The van der Waals surface area contributed by atoms with Gasteiger partial charge in [-0.2, -0.15) is 0 Å². The fourth-order valence-electron chi connectivity index (χ4n) is 3.89. The van der Waals surface area contributed by atoms with Gasteiger partial charge in [-0.15, -0.1) is 11.6 Å². The summed E-state index contributed by atoms with van der Waals surface area (Å²) in [5.41, 5.74) is 2.11. The van der Waals surface area contributed by atoms with E-state index in [1.165, 1.54) is 0 Å². The molecule has 2 atom stereocenters. The first-order chi connectivity index (χ1) is 16.0. The predicted octanol–water partition coefficient (Wildman–Crippen LogP) is -0.126. The van der Waals surface area contributed by atoms with E-state index in [0.29, 0.717) is 29.0 Å². The van der Waals surface area contributed by atoms with Crippen LogP contribution in [0.25, 0.3) is 0 Å². The Bertz CT molecular complexity index is 1170. The van der Waals surface area contributed by atoms with Gasteiger partial charge in [0, 0.05) is 47.7 Å². The second-order valence-electron chi connectivity index (χ2n) is 7.91. The first kappa shape index (κ1) is 28.3. The molecule has 0 saturated heterocycles. The zero-order valence-corrected chi connectivity index (χ0v) is 19.8. The molecule has 7 nitrogen and oxygen atoms in total. The van der Waals surface area contributed by atoms with Gasteiger partial charge in [0.15, 0.2) is 30.5 Å². The number of pyridine rings is 1. The number of nitrogens with one attached hydrogen (secondary N) is 2. The van der Waals surface area contributed by atoms with Gasteiger partial charge in [0.1, 0.15) is 6.10 Å². The van der Waals surface area contributed by atoms with E-state index < -0.39 is 12.2 Å². The van der Waals surface area contributed by atoms with Gasteiger partial charge in [-0.1, -0.05) is 37.8 Å². The molecule has 0 spiro atoms. The third-order valence-electron chi connectivity index (χ3n) is 5.51. The highest BCUT2D eigenvalue weighted by Crippen LogP contribution is 2.36. The number of hydrogen-bond acceptors (Lipinski definition) is 6.